The lowest BCUT2D eigenvalue weighted by molar-refractivity contribution is 0.115. The van der Waals surface area contributed by atoms with Gasteiger partial charge in [-0.3, -0.25) is 9.79 Å². The van der Waals surface area contributed by atoms with Crippen molar-refractivity contribution in [2.24, 2.45) is 0 Å². The zero-order chi connectivity index (χ0) is 21.6. The molecule has 0 aliphatic rings. The van der Waals surface area contributed by atoms with Gasteiger partial charge in [-0.15, -0.1) is 0 Å². The Bertz CT molecular complexity index is 198. The topological polar surface area (TPSA) is 381 Å². The normalized spacial score (nSPS) is 11.1. The molecule has 19 nitrogen and oxygen atoms in total. The summed E-state index contributed by atoms with van der Waals surface area (Å²) in [7, 11) is -21.3. The van der Waals surface area contributed by atoms with E-state index in [1.165, 1.54) is 0 Å². The highest BCUT2D eigenvalue weighted by molar-refractivity contribution is 7.30. The van der Waals surface area contributed by atoms with Crippen LogP contribution < -0.4 is 0 Å². The average molecular weight is 465 g/mol. The van der Waals surface area contributed by atoms with E-state index < -0.39 is 44.4 Å². The van der Waals surface area contributed by atoms with Crippen molar-refractivity contribution < 1.29 is 91.1 Å². The van der Waals surface area contributed by atoms with Gasteiger partial charge in [-0.25, -0.2) is 4.57 Å². The Balaban J connectivity index is -0.0000000628. The Hall–Kier alpha value is 0.248. The van der Waals surface area contributed by atoms with Crippen LogP contribution in [0, 0.1) is 0 Å². The fourth-order valence-corrected chi connectivity index (χ4v) is 0. The van der Waals surface area contributed by atoms with E-state index in [4.69, 9.17) is 91.1 Å². The third kappa shape index (κ3) is 164000. The SMILES string of the molecule is O=[P](O)O.O[Si](O)(O)O.O[Si](O)(O)O.O[Si](O)(O)O.O[Si](O)(O)O. The lowest BCUT2D eigenvalue weighted by atomic mass is 15.7. The molecule has 24 heteroatoms. The summed E-state index contributed by atoms with van der Waals surface area (Å²) in [5.74, 6) is 0. The summed E-state index contributed by atoms with van der Waals surface area (Å²) in [6, 6.07) is 0. The second kappa shape index (κ2) is 15.5. The predicted octanol–water partition coefficient (Wildman–Crippen LogP) is -10.8. The van der Waals surface area contributed by atoms with E-state index >= 15 is 0 Å². The summed E-state index contributed by atoms with van der Waals surface area (Å²) < 4.78 is 8.70. The van der Waals surface area contributed by atoms with Crippen LogP contribution in [0.2, 0.25) is 0 Å². The van der Waals surface area contributed by atoms with E-state index in [1.807, 2.05) is 0 Å². The fourth-order valence-electron chi connectivity index (χ4n) is 0. The smallest absolute Gasteiger partial charge is 0.368 e. The van der Waals surface area contributed by atoms with Crippen LogP contribution in [-0.4, -0.2) is 123 Å². The maximum absolute atomic E-state index is 8.70. The number of hydrogen-bond donors (Lipinski definition) is 18. The van der Waals surface area contributed by atoms with Crippen LogP contribution in [0.4, 0.5) is 0 Å². The molecule has 0 heterocycles. The van der Waals surface area contributed by atoms with Gasteiger partial charge in [0.15, 0.2) is 0 Å². The van der Waals surface area contributed by atoms with Crippen molar-refractivity contribution >= 4 is 44.4 Å². The van der Waals surface area contributed by atoms with E-state index in [9.17, 15) is 0 Å². The van der Waals surface area contributed by atoms with Gasteiger partial charge < -0.3 is 76.7 Å². The molecule has 0 fully saturated rings. The quantitative estimate of drug-likeness (QED) is 0.116. The third-order valence-corrected chi connectivity index (χ3v) is 0. The first kappa shape index (κ1) is 35.4. The molecule has 0 aliphatic heterocycles. The molecule has 0 aliphatic carbocycles. The van der Waals surface area contributed by atoms with E-state index in [0.717, 1.165) is 0 Å². The van der Waals surface area contributed by atoms with Crippen molar-refractivity contribution in [3.63, 3.8) is 0 Å². The number of rotatable bonds is 0. The lowest BCUT2D eigenvalue weighted by Crippen LogP contribution is -2.33. The van der Waals surface area contributed by atoms with Crippen molar-refractivity contribution in [1.82, 2.24) is 0 Å². The Kier molecular flexibility index (Phi) is 22.8. The van der Waals surface area contributed by atoms with E-state index in [0.29, 0.717) is 0 Å². The van der Waals surface area contributed by atoms with Crippen molar-refractivity contribution in [1.29, 1.82) is 0 Å². The zero-order valence-electron chi connectivity index (χ0n) is 10.9. The molecule has 0 spiro atoms. The molecule has 18 N–H and O–H groups in total. The van der Waals surface area contributed by atoms with Crippen LogP contribution >= 0.6 is 8.25 Å². The van der Waals surface area contributed by atoms with Crippen molar-refractivity contribution in [2.45, 2.75) is 0 Å². The summed E-state index contributed by atoms with van der Waals surface area (Å²) in [5.41, 5.74) is 0. The minimum absolute atomic E-state index is 2.87. The Morgan fingerprint density at radius 2 is 0.375 bits per heavy atom. The van der Waals surface area contributed by atoms with Crippen LogP contribution in [0.5, 0.6) is 0 Å². The molecule has 153 valence electrons. The van der Waals surface area contributed by atoms with Gasteiger partial charge >= 0.3 is 44.4 Å². The number of hydrogen-bond acceptors (Lipinski definition) is 17. The maximum Gasteiger partial charge on any atom is 0.668 e. The Morgan fingerprint density at radius 1 is 0.375 bits per heavy atom. The Morgan fingerprint density at radius 3 is 0.375 bits per heavy atom. The predicted molar refractivity (Wildman–Crippen MR) is 70.6 cm³/mol. The molecule has 1 radical (unpaired) electrons. The fraction of sp³-hybridized carbons (Fsp3) is 0. The average Bonchev–Trinajstić information content (AvgIpc) is 1.82. The summed E-state index contributed by atoms with van der Waals surface area (Å²) in [5, 5.41) is 0. The molecule has 0 atom stereocenters. The molecule has 0 bridgehead atoms. The molecule has 0 aromatic rings. The van der Waals surface area contributed by atoms with E-state index in [-0.39, 0.29) is 0 Å². The third-order valence-electron chi connectivity index (χ3n) is 0. The van der Waals surface area contributed by atoms with Crippen LogP contribution in [0.15, 0.2) is 0 Å². The van der Waals surface area contributed by atoms with Gasteiger partial charge in [0, 0.05) is 0 Å². The monoisotopic (exact) mass is 465 g/mol. The molecule has 0 unspecified atom stereocenters. The standard InChI is InChI=1S/4H4O4Si.H2O3P/c4*1-5(2,3)4;1-4(2)3/h4*1-4H;(H2,1,2,3). The second-order valence-corrected chi connectivity index (χ2v) is 7.96. The van der Waals surface area contributed by atoms with Crippen LogP contribution in [0.25, 0.3) is 0 Å². The minimum atomic E-state index is -4.61. The first-order chi connectivity index (χ1) is 9.73. The van der Waals surface area contributed by atoms with Crippen molar-refractivity contribution in [3.05, 3.63) is 0 Å². The van der Waals surface area contributed by atoms with Crippen LogP contribution in [0.3, 0.4) is 0 Å². The second-order valence-electron chi connectivity index (χ2n) is 2.65. The Labute approximate surface area is 136 Å². The van der Waals surface area contributed by atoms with Gasteiger partial charge in [-0.05, 0) is 0 Å². The molecule has 0 amide bonds. The van der Waals surface area contributed by atoms with Gasteiger partial charge in [0.2, 0.25) is 0 Å². The van der Waals surface area contributed by atoms with Gasteiger partial charge in [-0.2, -0.15) is 0 Å². The highest BCUT2D eigenvalue weighted by Crippen LogP contribution is 1.98. The highest BCUT2D eigenvalue weighted by Gasteiger charge is 2.23. The first-order valence-electron chi connectivity index (χ1n) is 4.16. The summed E-state index contributed by atoms with van der Waals surface area (Å²) in [6.45, 7) is 0. The molecular weight excluding hydrogens is 447 g/mol. The molecule has 24 heavy (non-hydrogen) atoms. The molecular formula is H18O19PSi4. The van der Waals surface area contributed by atoms with Gasteiger partial charge in [0.25, 0.3) is 0 Å². The van der Waals surface area contributed by atoms with E-state index in [2.05, 4.69) is 0 Å². The summed E-state index contributed by atoms with van der Waals surface area (Å²) in [6.07, 6.45) is 0. The van der Waals surface area contributed by atoms with Gasteiger partial charge in [0.1, 0.15) is 0 Å². The first-order valence-corrected chi connectivity index (χ1v) is 12.5. The van der Waals surface area contributed by atoms with Crippen LogP contribution in [0.1, 0.15) is 0 Å². The molecule has 0 saturated carbocycles. The maximum atomic E-state index is 8.70. The van der Waals surface area contributed by atoms with Gasteiger partial charge in [-0.1, -0.05) is 0 Å². The summed E-state index contributed by atoms with van der Waals surface area (Å²) >= 11 is 0. The van der Waals surface area contributed by atoms with Crippen molar-refractivity contribution in [2.75, 3.05) is 0 Å². The van der Waals surface area contributed by atoms with Crippen LogP contribution in [-0.2, 0) is 4.57 Å². The largest absolute Gasteiger partial charge is 0.668 e. The van der Waals surface area contributed by atoms with E-state index in [1.54, 1.807) is 0 Å². The minimum Gasteiger partial charge on any atom is -0.368 e. The molecule has 0 aromatic heterocycles. The molecule has 0 aromatic carbocycles. The van der Waals surface area contributed by atoms with Gasteiger partial charge in [0.05, 0.1) is 0 Å². The lowest BCUT2D eigenvalue weighted by Gasteiger charge is -1.91. The summed E-state index contributed by atoms with van der Waals surface area (Å²) in [4.78, 5) is 131. The molecule has 0 saturated heterocycles. The molecule has 0 rings (SSSR count). The van der Waals surface area contributed by atoms with Crippen molar-refractivity contribution in [3.8, 4) is 0 Å². The zero-order valence-corrected chi connectivity index (χ0v) is 15.8. The highest BCUT2D eigenvalue weighted by atomic mass is 31.1.